The van der Waals surface area contributed by atoms with Crippen molar-refractivity contribution in [1.29, 1.82) is 0 Å². The molecule has 0 bridgehead atoms. The van der Waals surface area contributed by atoms with E-state index in [1.165, 1.54) is 0 Å². The van der Waals surface area contributed by atoms with E-state index < -0.39 is 43.1 Å². The van der Waals surface area contributed by atoms with Gasteiger partial charge in [-0.15, -0.1) is 0 Å². The quantitative estimate of drug-likeness (QED) is 0.849. The van der Waals surface area contributed by atoms with Gasteiger partial charge >= 0.3 is 12.1 Å². The molecule has 1 saturated carbocycles. The summed E-state index contributed by atoms with van der Waals surface area (Å²) in [5, 5.41) is 8.94. The van der Waals surface area contributed by atoms with E-state index in [0.717, 1.165) is 16.4 Å². The van der Waals surface area contributed by atoms with Crippen LogP contribution in [0, 0.1) is 11.3 Å². The second-order valence-corrected chi connectivity index (χ2v) is 8.83. The number of benzene rings is 1. The minimum atomic E-state index is -4.79. The topological polar surface area (TPSA) is 74.7 Å². The lowest BCUT2D eigenvalue weighted by Gasteiger charge is -2.23. The number of hydrogen-bond donors (Lipinski definition) is 1. The fourth-order valence-corrected chi connectivity index (χ4v) is 5.61. The number of nitrogens with zero attached hydrogens (tertiary/aromatic N) is 1. The number of carboxylic acid groups (broad SMARTS) is 1. The third kappa shape index (κ3) is 2.92. The van der Waals surface area contributed by atoms with Crippen LogP contribution < -0.4 is 0 Å². The fourth-order valence-electron chi connectivity index (χ4n) is 3.81. The summed E-state index contributed by atoms with van der Waals surface area (Å²) < 4.78 is 65.4. The standard InChI is InChI=1S/C15H15ClF3NO4S/c16-12-4-3-10(6-11(12)15(17,18)19)25(23,24)20-7-9-2-1-5-14(9,8-20)13(21)22/h3-4,6,9H,1-2,5,7-8H2,(H,21,22)/t9-,14+/m0/s1. The van der Waals surface area contributed by atoms with Gasteiger partial charge in [0.1, 0.15) is 0 Å². The lowest BCUT2D eigenvalue weighted by atomic mass is 9.81. The predicted molar refractivity (Wildman–Crippen MR) is 82.6 cm³/mol. The van der Waals surface area contributed by atoms with Crippen molar-refractivity contribution < 1.29 is 31.5 Å². The zero-order valence-corrected chi connectivity index (χ0v) is 14.5. The first-order chi connectivity index (χ1) is 11.5. The Morgan fingerprint density at radius 2 is 2.04 bits per heavy atom. The molecule has 2 aliphatic rings. The molecule has 2 atom stereocenters. The van der Waals surface area contributed by atoms with E-state index in [9.17, 15) is 31.5 Å². The van der Waals surface area contributed by atoms with Crippen LogP contribution in [0.5, 0.6) is 0 Å². The molecule has 5 nitrogen and oxygen atoms in total. The molecule has 10 heteroatoms. The van der Waals surface area contributed by atoms with Gasteiger partial charge in [-0.2, -0.15) is 17.5 Å². The Bertz CT molecular complexity index is 827. The minimum Gasteiger partial charge on any atom is -0.481 e. The number of alkyl halides is 3. The highest BCUT2D eigenvalue weighted by atomic mass is 35.5. The van der Waals surface area contributed by atoms with Gasteiger partial charge in [0.25, 0.3) is 0 Å². The highest BCUT2D eigenvalue weighted by Crippen LogP contribution is 2.50. The highest BCUT2D eigenvalue weighted by Gasteiger charge is 2.57. The van der Waals surface area contributed by atoms with Crippen molar-refractivity contribution >= 4 is 27.6 Å². The van der Waals surface area contributed by atoms with Gasteiger partial charge in [0.2, 0.25) is 10.0 Å². The summed E-state index contributed by atoms with van der Waals surface area (Å²) in [4.78, 5) is 11.1. The maximum atomic E-state index is 13.0. The van der Waals surface area contributed by atoms with Gasteiger partial charge in [-0.05, 0) is 37.0 Å². The molecule has 25 heavy (non-hydrogen) atoms. The molecule has 0 amide bonds. The Balaban J connectivity index is 1.98. The minimum absolute atomic E-state index is 0.00138. The van der Waals surface area contributed by atoms with E-state index in [2.05, 4.69) is 0 Å². The normalized spacial score (nSPS) is 27.4. The van der Waals surface area contributed by atoms with Crippen LogP contribution in [0.3, 0.4) is 0 Å². The van der Waals surface area contributed by atoms with Crippen LogP contribution in [0.25, 0.3) is 0 Å². The molecule has 3 rings (SSSR count). The summed E-state index contributed by atoms with van der Waals surface area (Å²) in [6.07, 6.45) is -3.13. The van der Waals surface area contributed by atoms with Crippen LogP contribution in [0.1, 0.15) is 24.8 Å². The molecule has 1 aromatic carbocycles. The van der Waals surface area contributed by atoms with Crippen LogP contribution >= 0.6 is 11.6 Å². The van der Waals surface area contributed by atoms with E-state index in [1.807, 2.05) is 0 Å². The van der Waals surface area contributed by atoms with Crippen LogP contribution in [0.15, 0.2) is 23.1 Å². The smallest absolute Gasteiger partial charge is 0.417 e. The van der Waals surface area contributed by atoms with Crippen LogP contribution in [-0.2, 0) is 21.0 Å². The number of fused-ring (bicyclic) bond motifs is 1. The average molecular weight is 398 g/mol. The molecule has 1 heterocycles. The molecule has 2 fully saturated rings. The number of rotatable bonds is 3. The molecule has 1 N–H and O–H groups in total. The van der Waals surface area contributed by atoms with Gasteiger partial charge in [0, 0.05) is 13.1 Å². The maximum absolute atomic E-state index is 13.0. The number of carbonyl (C=O) groups is 1. The zero-order chi connectivity index (χ0) is 18.6. The Morgan fingerprint density at radius 3 is 2.60 bits per heavy atom. The maximum Gasteiger partial charge on any atom is 0.417 e. The zero-order valence-electron chi connectivity index (χ0n) is 12.9. The third-order valence-corrected chi connectivity index (χ3v) is 7.28. The Morgan fingerprint density at radius 1 is 1.36 bits per heavy atom. The lowest BCUT2D eigenvalue weighted by Crippen LogP contribution is -2.37. The Labute approximate surface area is 147 Å². The van der Waals surface area contributed by atoms with E-state index in [0.29, 0.717) is 25.3 Å². The molecule has 1 saturated heterocycles. The van der Waals surface area contributed by atoms with Gasteiger partial charge in [-0.25, -0.2) is 8.42 Å². The summed E-state index contributed by atoms with van der Waals surface area (Å²) in [5.41, 5.74) is -2.38. The molecular weight excluding hydrogens is 383 g/mol. The van der Waals surface area contributed by atoms with Crippen LogP contribution in [0.2, 0.25) is 5.02 Å². The van der Waals surface area contributed by atoms with Gasteiger partial charge in [0.05, 0.1) is 20.9 Å². The number of sulfonamides is 1. The molecule has 1 aliphatic carbocycles. The fraction of sp³-hybridized carbons (Fsp3) is 0.533. The van der Waals surface area contributed by atoms with Gasteiger partial charge in [-0.3, -0.25) is 4.79 Å². The van der Waals surface area contributed by atoms with Crippen molar-refractivity contribution in [3.8, 4) is 0 Å². The molecule has 0 aromatic heterocycles. The van der Waals surface area contributed by atoms with Crippen molar-refractivity contribution in [2.24, 2.45) is 11.3 Å². The van der Waals surface area contributed by atoms with Crippen molar-refractivity contribution in [2.75, 3.05) is 13.1 Å². The second-order valence-electron chi connectivity index (χ2n) is 6.49. The summed E-state index contributed by atoms with van der Waals surface area (Å²) >= 11 is 5.53. The highest BCUT2D eigenvalue weighted by molar-refractivity contribution is 7.89. The number of aliphatic carboxylic acids is 1. The van der Waals surface area contributed by atoms with Gasteiger partial charge in [-0.1, -0.05) is 18.0 Å². The number of halogens is 4. The summed E-state index contributed by atoms with van der Waals surface area (Å²) in [6.45, 7) is -0.224. The van der Waals surface area contributed by atoms with Crippen molar-refractivity contribution in [1.82, 2.24) is 4.31 Å². The molecular formula is C15H15ClF3NO4S. The van der Waals surface area contributed by atoms with Gasteiger partial charge < -0.3 is 5.11 Å². The van der Waals surface area contributed by atoms with E-state index in [-0.39, 0.29) is 19.0 Å². The summed E-state index contributed by atoms with van der Waals surface area (Å²) in [7, 11) is -4.24. The molecule has 0 spiro atoms. The molecule has 1 aliphatic heterocycles. The predicted octanol–water partition coefficient (Wildman–Crippen LogP) is 3.23. The largest absolute Gasteiger partial charge is 0.481 e. The Kier molecular flexibility index (Phi) is 4.32. The van der Waals surface area contributed by atoms with E-state index >= 15 is 0 Å². The number of hydrogen-bond acceptors (Lipinski definition) is 3. The summed E-state index contributed by atoms with van der Waals surface area (Å²) in [5.74, 6) is -1.38. The SMILES string of the molecule is O=C(O)[C@@]12CCC[C@H]1CN(S(=O)(=O)c1ccc(Cl)c(C(F)(F)F)c1)C2. The first-order valence-electron chi connectivity index (χ1n) is 7.59. The molecule has 0 radical (unpaired) electrons. The Hall–Kier alpha value is -1.32. The molecule has 0 unspecified atom stereocenters. The molecule has 1 aromatic rings. The molecule has 138 valence electrons. The monoisotopic (exact) mass is 397 g/mol. The van der Waals surface area contributed by atoms with Crippen LogP contribution in [-0.4, -0.2) is 36.9 Å². The van der Waals surface area contributed by atoms with Crippen molar-refractivity contribution in [2.45, 2.75) is 30.3 Å². The van der Waals surface area contributed by atoms with Gasteiger partial charge in [0.15, 0.2) is 0 Å². The van der Waals surface area contributed by atoms with E-state index in [1.54, 1.807) is 0 Å². The summed E-state index contributed by atoms with van der Waals surface area (Å²) in [6, 6.07) is 2.40. The first-order valence-corrected chi connectivity index (χ1v) is 9.40. The van der Waals surface area contributed by atoms with E-state index in [4.69, 9.17) is 11.6 Å². The van der Waals surface area contributed by atoms with Crippen molar-refractivity contribution in [3.05, 3.63) is 28.8 Å². The third-order valence-electron chi connectivity index (χ3n) is 5.15. The van der Waals surface area contributed by atoms with Crippen LogP contribution in [0.4, 0.5) is 13.2 Å². The lowest BCUT2D eigenvalue weighted by molar-refractivity contribution is -0.149. The average Bonchev–Trinajstić information content (AvgIpc) is 3.04. The van der Waals surface area contributed by atoms with Crippen molar-refractivity contribution in [3.63, 3.8) is 0 Å². The second kappa shape index (κ2) is 5.85. The first kappa shape index (κ1) is 18.5. The number of carboxylic acids is 1.